The molecule has 1 amide bonds. The van der Waals surface area contributed by atoms with E-state index in [2.05, 4.69) is 10.6 Å². The molecule has 1 saturated heterocycles. The minimum absolute atomic E-state index is 0.270. The molecule has 1 aliphatic heterocycles. The SMILES string of the molecule is O=C(NCC1CNCCS1)C1CC1. The summed E-state index contributed by atoms with van der Waals surface area (Å²) in [5, 5.41) is 6.93. The van der Waals surface area contributed by atoms with Crippen molar-refractivity contribution in [3.8, 4) is 0 Å². The van der Waals surface area contributed by atoms with Gasteiger partial charge in [0.15, 0.2) is 0 Å². The fraction of sp³-hybridized carbons (Fsp3) is 0.889. The lowest BCUT2D eigenvalue weighted by atomic mass is 10.3. The van der Waals surface area contributed by atoms with Gasteiger partial charge < -0.3 is 10.6 Å². The quantitative estimate of drug-likeness (QED) is 0.684. The van der Waals surface area contributed by atoms with E-state index in [9.17, 15) is 4.79 Å². The summed E-state index contributed by atoms with van der Waals surface area (Å²) in [5.41, 5.74) is 0. The first-order chi connectivity index (χ1) is 6.36. The van der Waals surface area contributed by atoms with Gasteiger partial charge in [0.25, 0.3) is 0 Å². The van der Waals surface area contributed by atoms with Crippen molar-refractivity contribution in [2.45, 2.75) is 18.1 Å². The van der Waals surface area contributed by atoms with E-state index in [4.69, 9.17) is 0 Å². The molecule has 1 atom stereocenters. The van der Waals surface area contributed by atoms with Crippen molar-refractivity contribution in [1.82, 2.24) is 10.6 Å². The van der Waals surface area contributed by atoms with Crippen LogP contribution in [0.5, 0.6) is 0 Å². The summed E-state index contributed by atoms with van der Waals surface area (Å²) in [6, 6.07) is 0. The highest BCUT2D eigenvalue weighted by atomic mass is 32.2. The summed E-state index contributed by atoms with van der Waals surface area (Å²) in [6.45, 7) is 2.99. The molecule has 2 fully saturated rings. The van der Waals surface area contributed by atoms with Crippen molar-refractivity contribution in [2.24, 2.45) is 5.92 Å². The number of hydrogen-bond donors (Lipinski definition) is 2. The van der Waals surface area contributed by atoms with Crippen molar-refractivity contribution in [3.05, 3.63) is 0 Å². The highest BCUT2D eigenvalue weighted by Gasteiger charge is 2.29. The first-order valence-corrected chi connectivity index (χ1v) is 6.01. The van der Waals surface area contributed by atoms with E-state index in [0.717, 1.165) is 32.5 Å². The molecule has 3 nitrogen and oxygen atoms in total. The summed E-state index contributed by atoms with van der Waals surface area (Å²) in [7, 11) is 0. The highest BCUT2D eigenvalue weighted by molar-refractivity contribution is 8.00. The third kappa shape index (κ3) is 2.88. The van der Waals surface area contributed by atoms with Gasteiger partial charge >= 0.3 is 0 Å². The lowest BCUT2D eigenvalue weighted by Gasteiger charge is -2.22. The van der Waals surface area contributed by atoms with Crippen LogP contribution < -0.4 is 10.6 Å². The summed E-state index contributed by atoms with van der Waals surface area (Å²) >= 11 is 1.96. The molecule has 4 heteroatoms. The Bertz CT molecular complexity index is 188. The molecule has 74 valence electrons. The van der Waals surface area contributed by atoms with Crippen LogP contribution >= 0.6 is 11.8 Å². The van der Waals surface area contributed by atoms with E-state index in [0.29, 0.717) is 11.2 Å². The Morgan fingerprint density at radius 1 is 1.54 bits per heavy atom. The van der Waals surface area contributed by atoms with Gasteiger partial charge in [0.05, 0.1) is 0 Å². The summed E-state index contributed by atoms with van der Waals surface area (Å²) in [4.78, 5) is 11.3. The van der Waals surface area contributed by atoms with Gasteiger partial charge in [0, 0.05) is 36.6 Å². The van der Waals surface area contributed by atoms with E-state index >= 15 is 0 Å². The Kier molecular flexibility index (Phi) is 3.11. The molecular formula is C9H16N2OS. The lowest BCUT2D eigenvalue weighted by Crippen LogP contribution is -2.40. The van der Waals surface area contributed by atoms with Gasteiger partial charge in [0.2, 0.25) is 5.91 Å². The van der Waals surface area contributed by atoms with Crippen LogP contribution in [0, 0.1) is 5.92 Å². The lowest BCUT2D eigenvalue weighted by molar-refractivity contribution is -0.122. The summed E-state index contributed by atoms with van der Waals surface area (Å²) in [6.07, 6.45) is 2.20. The Balaban J connectivity index is 1.62. The molecule has 0 spiro atoms. The normalized spacial score (nSPS) is 28.5. The molecule has 0 radical (unpaired) electrons. The van der Waals surface area contributed by atoms with Gasteiger partial charge in [-0.15, -0.1) is 0 Å². The van der Waals surface area contributed by atoms with Crippen molar-refractivity contribution in [3.63, 3.8) is 0 Å². The Labute approximate surface area is 83.0 Å². The summed E-state index contributed by atoms with van der Waals surface area (Å²) in [5.74, 6) is 1.79. The number of carbonyl (C=O) groups is 1. The second-order valence-corrected chi connectivity index (χ2v) is 5.12. The highest BCUT2D eigenvalue weighted by Crippen LogP contribution is 2.28. The first-order valence-electron chi connectivity index (χ1n) is 4.96. The van der Waals surface area contributed by atoms with Gasteiger partial charge in [-0.1, -0.05) is 0 Å². The third-order valence-electron chi connectivity index (χ3n) is 2.46. The minimum Gasteiger partial charge on any atom is -0.355 e. The van der Waals surface area contributed by atoms with Crippen LogP contribution in [0.25, 0.3) is 0 Å². The maximum absolute atomic E-state index is 11.3. The van der Waals surface area contributed by atoms with Crippen LogP contribution in [-0.2, 0) is 4.79 Å². The second kappa shape index (κ2) is 4.33. The molecule has 0 aromatic heterocycles. The van der Waals surface area contributed by atoms with Crippen LogP contribution in [0.15, 0.2) is 0 Å². The molecule has 2 N–H and O–H groups in total. The third-order valence-corrected chi connectivity index (χ3v) is 3.70. The van der Waals surface area contributed by atoms with E-state index in [1.165, 1.54) is 5.75 Å². The first kappa shape index (κ1) is 9.34. The number of carbonyl (C=O) groups excluding carboxylic acids is 1. The molecule has 1 aliphatic carbocycles. The largest absolute Gasteiger partial charge is 0.355 e. The zero-order valence-electron chi connectivity index (χ0n) is 7.71. The van der Waals surface area contributed by atoms with Crippen LogP contribution in [0.2, 0.25) is 0 Å². The zero-order valence-corrected chi connectivity index (χ0v) is 8.53. The zero-order chi connectivity index (χ0) is 9.10. The number of thioether (sulfide) groups is 1. The van der Waals surface area contributed by atoms with E-state index in [-0.39, 0.29) is 5.91 Å². The molecule has 1 unspecified atom stereocenters. The van der Waals surface area contributed by atoms with Crippen LogP contribution in [-0.4, -0.2) is 36.5 Å². The molecule has 0 aromatic carbocycles. The standard InChI is InChI=1S/C9H16N2OS/c12-9(7-1-2-7)11-6-8-5-10-3-4-13-8/h7-8,10H,1-6H2,(H,11,12). The van der Waals surface area contributed by atoms with E-state index < -0.39 is 0 Å². The van der Waals surface area contributed by atoms with Crippen LogP contribution in [0.3, 0.4) is 0 Å². The van der Waals surface area contributed by atoms with Crippen molar-refractivity contribution in [1.29, 1.82) is 0 Å². The molecule has 0 aromatic rings. The van der Waals surface area contributed by atoms with Crippen molar-refractivity contribution < 1.29 is 4.79 Å². The fourth-order valence-electron chi connectivity index (χ4n) is 1.46. The molecule has 1 saturated carbocycles. The van der Waals surface area contributed by atoms with Crippen molar-refractivity contribution in [2.75, 3.05) is 25.4 Å². The average Bonchev–Trinajstić information content (AvgIpc) is 2.99. The topological polar surface area (TPSA) is 41.1 Å². The smallest absolute Gasteiger partial charge is 0.223 e. The molecule has 2 rings (SSSR count). The van der Waals surface area contributed by atoms with Crippen molar-refractivity contribution >= 4 is 17.7 Å². The predicted molar refractivity (Wildman–Crippen MR) is 54.8 cm³/mol. The number of rotatable bonds is 3. The Hall–Kier alpha value is -0.220. The fourth-order valence-corrected chi connectivity index (χ4v) is 2.49. The Morgan fingerprint density at radius 2 is 2.38 bits per heavy atom. The van der Waals surface area contributed by atoms with Gasteiger partial charge in [-0.05, 0) is 12.8 Å². The maximum atomic E-state index is 11.3. The summed E-state index contributed by atoms with van der Waals surface area (Å²) < 4.78 is 0. The van der Waals surface area contributed by atoms with Crippen LogP contribution in [0.4, 0.5) is 0 Å². The van der Waals surface area contributed by atoms with Gasteiger partial charge in [-0.25, -0.2) is 0 Å². The van der Waals surface area contributed by atoms with E-state index in [1.807, 2.05) is 11.8 Å². The van der Waals surface area contributed by atoms with Gasteiger partial charge in [-0.3, -0.25) is 4.79 Å². The molecule has 1 heterocycles. The molecule has 0 bridgehead atoms. The Morgan fingerprint density at radius 3 is 3.00 bits per heavy atom. The minimum atomic E-state index is 0.270. The van der Waals surface area contributed by atoms with Gasteiger partial charge in [-0.2, -0.15) is 11.8 Å². The average molecular weight is 200 g/mol. The van der Waals surface area contributed by atoms with Crippen LogP contribution in [0.1, 0.15) is 12.8 Å². The second-order valence-electron chi connectivity index (χ2n) is 3.72. The van der Waals surface area contributed by atoms with E-state index in [1.54, 1.807) is 0 Å². The molecule has 2 aliphatic rings. The number of amides is 1. The number of hydrogen-bond acceptors (Lipinski definition) is 3. The van der Waals surface area contributed by atoms with Gasteiger partial charge in [0.1, 0.15) is 0 Å². The number of nitrogens with one attached hydrogen (secondary N) is 2. The maximum Gasteiger partial charge on any atom is 0.223 e. The predicted octanol–water partition coefficient (Wildman–Crippen LogP) is 0.218. The molecular weight excluding hydrogens is 184 g/mol. The molecule has 13 heavy (non-hydrogen) atoms. The monoisotopic (exact) mass is 200 g/mol.